The van der Waals surface area contributed by atoms with Crippen molar-refractivity contribution in [1.82, 2.24) is 0 Å². The highest BCUT2D eigenvalue weighted by Gasteiger charge is 2.33. The highest BCUT2D eigenvalue weighted by molar-refractivity contribution is 5.46. The lowest BCUT2D eigenvalue weighted by Crippen LogP contribution is -2.16. The van der Waals surface area contributed by atoms with Crippen LogP contribution in [0, 0.1) is 11.8 Å². The monoisotopic (exact) mass is 250 g/mol. The van der Waals surface area contributed by atoms with Gasteiger partial charge in [0.05, 0.1) is 25.9 Å². The zero-order valence-corrected chi connectivity index (χ0v) is 11.3. The Morgan fingerprint density at radius 1 is 1.17 bits per heavy atom. The molecule has 1 saturated carbocycles. The van der Waals surface area contributed by atoms with Crippen molar-refractivity contribution >= 4 is 0 Å². The van der Waals surface area contributed by atoms with Crippen LogP contribution in [0.3, 0.4) is 0 Å². The minimum absolute atomic E-state index is 0.301. The molecule has 0 saturated heterocycles. The number of benzene rings is 1. The van der Waals surface area contributed by atoms with E-state index >= 15 is 0 Å². The third kappa shape index (κ3) is 2.32. The Kier molecular flexibility index (Phi) is 4.12. The number of aliphatic hydroxyl groups is 1. The fourth-order valence-corrected chi connectivity index (χ4v) is 3.03. The van der Waals surface area contributed by atoms with Crippen molar-refractivity contribution in [2.75, 3.05) is 14.2 Å². The molecule has 3 atom stereocenters. The predicted molar refractivity (Wildman–Crippen MR) is 71.0 cm³/mol. The second kappa shape index (κ2) is 5.61. The van der Waals surface area contributed by atoms with Crippen LogP contribution in [0.5, 0.6) is 11.5 Å². The summed E-state index contributed by atoms with van der Waals surface area (Å²) in [7, 11) is 3.26. The van der Waals surface area contributed by atoms with E-state index in [0.29, 0.717) is 23.3 Å². The van der Waals surface area contributed by atoms with E-state index in [1.165, 1.54) is 12.8 Å². The molecule has 1 aromatic carbocycles. The molecule has 0 bridgehead atoms. The summed E-state index contributed by atoms with van der Waals surface area (Å²) in [6.07, 6.45) is 2.96. The average Bonchev–Trinajstić information content (AvgIpc) is 2.83. The van der Waals surface area contributed by atoms with Gasteiger partial charge in [-0.3, -0.25) is 0 Å². The van der Waals surface area contributed by atoms with Gasteiger partial charge in [-0.05, 0) is 30.4 Å². The summed E-state index contributed by atoms with van der Waals surface area (Å²) in [6.45, 7) is 2.21. The van der Waals surface area contributed by atoms with Crippen LogP contribution < -0.4 is 9.47 Å². The molecule has 0 amide bonds. The molecule has 0 heterocycles. The van der Waals surface area contributed by atoms with E-state index in [-0.39, 0.29) is 0 Å². The normalized spacial score (nSPS) is 24.9. The maximum Gasteiger partial charge on any atom is 0.128 e. The number of hydrogen-bond acceptors (Lipinski definition) is 3. The first-order valence-corrected chi connectivity index (χ1v) is 6.58. The van der Waals surface area contributed by atoms with Gasteiger partial charge in [-0.1, -0.05) is 25.8 Å². The van der Waals surface area contributed by atoms with E-state index in [1.807, 2.05) is 18.2 Å². The first-order chi connectivity index (χ1) is 8.69. The van der Waals surface area contributed by atoms with Gasteiger partial charge in [0.2, 0.25) is 0 Å². The van der Waals surface area contributed by atoms with Gasteiger partial charge < -0.3 is 14.6 Å². The first-order valence-electron chi connectivity index (χ1n) is 6.58. The summed E-state index contributed by atoms with van der Waals surface area (Å²) >= 11 is 0. The third-order valence-corrected chi connectivity index (χ3v) is 4.10. The molecule has 100 valence electrons. The van der Waals surface area contributed by atoms with Crippen molar-refractivity contribution in [2.45, 2.75) is 32.3 Å². The van der Waals surface area contributed by atoms with Gasteiger partial charge in [0.15, 0.2) is 0 Å². The van der Waals surface area contributed by atoms with Gasteiger partial charge in [0.25, 0.3) is 0 Å². The zero-order valence-electron chi connectivity index (χ0n) is 11.3. The smallest absolute Gasteiger partial charge is 0.128 e. The molecule has 1 aromatic rings. The molecule has 0 aromatic heterocycles. The fourth-order valence-electron chi connectivity index (χ4n) is 3.03. The van der Waals surface area contributed by atoms with E-state index in [1.54, 1.807) is 14.2 Å². The second-order valence-electron chi connectivity index (χ2n) is 5.09. The number of aliphatic hydroxyl groups excluding tert-OH is 1. The molecule has 0 aliphatic heterocycles. The highest BCUT2D eigenvalue weighted by Crippen LogP contribution is 2.45. The molecule has 3 heteroatoms. The summed E-state index contributed by atoms with van der Waals surface area (Å²) < 4.78 is 10.7. The highest BCUT2D eigenvalue weighted by atomic mass is 16.5. The standard InChI is InChI=1S/C15H22O3/c1-10-6-4-7-11(10)15(16)14-12(17-2)8-5-9-13(14)18-3/h5,8-11,15-16H,4,6-7H2,1-3H3. The van der Waals surface area contributed by atoms with Gasteiger partial charge in [-0.2, -0.15) is 0 Å². The molecule has 0 spiro atoms. The molecule has 2 rings (SSSR count). The lowest BCUT2D eigenvalue weighted by Gasteiger charge is -2.25. The molecule has 1 N–H and O–H groups in total. The summed E-state index contributed by atoms with van der Waals surface area (Å²) in [5, 5.41) is 10.7. The Morgan fingerprint density at radius 2 is 1.78 bits per heavy atom. The maximum absolute atomic E-state index is 10.7. The van der Waals surface area contributed by atoms with Crippen LogP contribution in [0.15, 0.2) is 18.2 Å². The molecule has 3 unspecified atom stereocenters. The van der Waals surface area contributed by atoms with E-state index in [0.717, 1.165) is 12.0 Å². The Morgan fingerprint density at radius 3 is 2.22 bits per heavy atom. The number of hydrogen-bond donors (Lipinski definition) is 1. The predicted octanol–water partition coefficient (Wildman–Crippen LogP) is 3.17. The topological polar surface area (TPSA) is 38.7 Å². The zero-order chi connectivity index (χ0) is 13.1. The Bertz CT molecular complexity index is 380. The second-order valence-corrected chi connectivity index (χ2v) is 5.09. The van der Waals surface area contributed by atoms with Gasteiger partial charge in [-0.15, -0.1) is 0 Å². The summed E-state index contributed by atoms with van der Waals surface area (Å²) in [5.41, 5.74) is 0.793. The fraction of sp³-hybridized carbons (Fsp3) is 0.600. The maximum atomic E-state index is 10.7. The Labute approximate surface area is 109 Å². The van der Waals surface area contributed by atoms with Crippen LogP contribution in [-0.4, -0.2) is 19.3 Å². The number of methoxy groups -OCH3 is 2. The molecule has 0 radical (unpaired) electrons. The van der Waals surface area contributed by atoms with E-state index in [9.17, 15) is 5.11 Å². The van der Waals surface area contributed by atoms with E-state index in [2.05, 4.69) is 6.92 Å². The molecule has 1 aliphatic rings. The van der Waals surface area contributed by atoms with Crippen molar-refractivity contribution in [1.29, 1.82) is 0 Å². The quantitative estimate of drug-likeness (QED) is 0.892. The van der Waals surface area contributed by atoms with Crippen molar-refractivity contribution < 1.29 is 14.6 Å². The van der Waals surface area contributed by atoms with Crippen LogP contribution in [0.1, 0.15) is 37.9 Å². The third-order valence-electron chi connectivity index (χ3n) is 4.10. The van der Waals surface area contributed by atoms with Crippen LogP contribution in [-0.2, 0) is 0 Å². The molecule has 18 heavy (non-hydrogen) atoms. The largest absolute Gasteiger partial charge is 0.496 e. The average molecular weight is 250 g/mol. The van der Waals surface area contributed by atoms with Gasteiger partial charge in [0.1, 0.15) is 11.5 Å². The van der Waals surface area contributed by atoms with Crippen molar-refractivity contribution in [3.63, 3.8) is 0 Å². The summed E-state index contributed by atoms with van der Waals surface area (Å²) in [5.74, 6) is 2.27. The SMILES string of the molecule is COc1cccc(OC)c1C(O)C1CCCC1C. The van der Waals surface area contributed by atoms with Crippen LogP contribution in [0.2, 0.25) is 0 Å². The molecule has 1 fully saturated rings. The van der Waals surface area contributed by atoms with Gasteiger partial charge in [0, 0.05) is 0 Å². The van der Waals surface area contributed by atoms with Gasteiger partial charge in [-0.25, -0.2) is 0 Å². The number of ether oxygens (including phenoxy) is 2. The van der Waals surface area contributed by atoms with Crippen molar-refractivity contribution in [3.8, 4) is 11.5 Å². The number of rotatable bonds is 4. The first kappa shape index (κ1) is 13.2. The lowest BCUT2D eigenvalue weighted by atomic mass is 9.87. The summed E-state index contributed by atoms with van der Waals surface area (Å²) in [4.78, 5) is 0. The lowest BCUT2D eigenvalue weighted by molar-refractivity contribution is 0.0849. The minimum Gasteiger partial charge on any atom is -0.496 e. The minimum atomic E-state index is -0.506. The van der Waals surface area contributed by atoms with Crippen LogP contribution in [0.25, 0.3) is 0 Å². The van der Waals surface area contributed by atoms with Crippen LogP contribution in [0.4, 0.5) is 0 Å². The molecular weight excluding hydrogens is 228 g/mol. The molecule has 3 nitrogen and oxygen atoms in total. The summed E-state index contributed by atoms with van der Waals surface area (Å²) in [6, 6.07) is 5.63. The molecular formula is C15H22O3. The Balaban J connectivity index is 2.36. The molecule has 1 aliphatic carbocycles. The van der Waals surface area contributed by atoms with E-state index in [4.69, 9.17) is 9.47 Å². The Hall–Kier alpha value is -1.22. The van der Waals surface area contributed by atoms with Gasteiger partial charge >= 0.3 is 0 Å². The van der Waals surface area contributed by atoms with Crippen molar-refractivity contribution in [3.05, 3.63) is 23.8 Å². The van der Waals surface area contributed by atoms with E-state index < -0.39 is 6.10 Å². The van der Waals surface area contributed by atoms with Crippen molar-refractivity contribution in [2.24, 2.45) is 11.8 Å². The van der Waals surface area contributed by atoms with Crippen LogP contribution >= 0.6 is 0 Å².